The van der Waals surface area contributed by atoms with Crippen LogP contribution >= 0.6 is 27.5 Å². The van der Waals surface area contributed by atoms with E-state index in [1.807, 2.05) is 18.2 Å². The molecule has 0 saturated heterocycles. The zero-order valence-electron chi connectivity index (χ0n) is 12.0. The van der Waals surface area contributed by atoms with E-state index < -0.39 is 0 Å². The number of halogens is 2. The van der Waals surface area contributed by atoms with Gasteiger partial charge in [-0.05, 0) is 50.2 Å². The van der Waals surface area contributed by atoms with Crippen molar-refractivity contribution in [1.29, 1.82) is 0 Å². The van der Waals surface area contributed by atoms with Crippen molar-refractivity contribution >= 4 is 27.5 Å². The average Bonchev–Trinajstić information content (AvgIpc) is 2.40. The fraction of sp³-hybridized carbons (Fsp3) is 0.294. The Morgan fingerprint density at radius 3 is 2.05 bits per heavy atom. The minimum atomic E-state index is -0.141. The Labute approximate surface area is 134 Å². The van der Waals surface area contributed by atoms with Crippen LogP contribution in [0.2, 0.25) is 5.02 Å². The zero-order chi connectivity index (χ0) is 14.9. The first-order valence-electron chi connectivity index (χ1n) is 6.60. The molecule has 1 atom stereocenters. The number of hydrogen-bond acceptors (Lipinski definition) is 1. The van der Waals surface area contributed by atoms with Crippen LogP contribution in [0.4, 0.5) is 0 Å². The Balaban J connectivity index is 2.29. The van der Waals surface area contributed by atoms with Gasteiger partial charge in [-0.2, -0.15) is 0 Å². The van der Waals surface area contributed by atoms with Gasteiger partial charge in [0, 0.05) is 4.47 Å². The Kier molecular flexibility index (Phi) is 4.58. The Bertz CT molecular complexity index is 599. The van der Waals surface area contributed by atoms with Gasteiger partial charge in [0.05, 0.1) is 11.1 Å². The number of hydrogen-bond donors (Lipinski definition) is 1. The van der Waals surface area contributed by atoms with Gasteiger partial charge in [0.15, 0.2) is 0 Å². The van der Waals surface area contributed by atoms with Crippen LogP contribution in [0.3, 0.4) is 0 Å². The van der Waals surface area contributed by atoms with Gasteiger partial charge in [0.2, 0.25) is 0 Å². The van der Waals surface area contributed by atoms with Gasteiger partial charge in [-0.15, -0.1) is 0 Å². The SMILES string of the molecule is CC(C)(C)c1ccc(C(N)c2ccc(Cl)c(Br)c2)cc1. The molecule has 0 radical (unpaired) electrons. The molecule has 3 heteroatoms. The molecule has 0 aliphatic carbocycles. The Hall–Kier alpha value is -0.830. The van der Waals surface area contributed by atoms with Gasteiger partial charge in [0.1, 0.15) is 0 Å². The van der Waals surface area contributed by atoms with Gasteiger partial charge in [0.25, 0.3) is 0 Å². The molecule has 2 aromatic carbocycles. The molecule has 0 fully saturated rings. The molecule has 2 N–H and O–H groups in total. The fourth-order valence-corrected chi connectivity index (χ4v) is 2.60. The molecule has 0 aliphatic rings. The summed E-state index contributed by atoms with van der Waals surface area (Å²) < 4.78 is 0.874. The van der Waals surface area contributed by atoms with E-state index in [9.17, 15) is 0 Å². The van der Waals surface area contributed by atoms with E-state index in [2.05, 4.69) is 61.0 Å². The zero-order valence-corrected chi connectivity index (χ0v) is 14.3. The van der Waals surface area contributed by atoms with Crippen molar-refractivity contribution in [2.24, 2.45) is 5.73 Å². The molecule has 0 heterocycles. The summed E-state index contributed by atoms with van der Waals surface area (Å²) in [5.41, 5.74) is 9.95. The highest BCUT2D eigenvalue weighted by molar-refractivity contribution is 9.10. The first kappa shape index (κ1) is 15.6. The minimum absolute atomic E-state index is 0.141. The standard InChI is InChI=1S/C17H19BrClN/c1-17(2,3)13-7-4-11(5-8-13)16(20)12-6-9-15(19)14(18)10-12/h4-10,16H,20H2,1-3H3. The van der Waals surface area contributed by atoms with Crippen molar-refractivity contribution in [3.8, 4) is 0 Å². The maximum Gasteiger partial charge on any atom is 0.0552 e. The van der Waals surface area contributed by atoms with Crippen LogP contribution in [0.15, 0.2) is 46.9 Å². The first-order chi connectivity index (χ1) is 9.29. The second-order valence-electron chi connectivity index (χ2n) is 6.02. The second-order valence-corrected chi connectivity index (χ2v) is 7.28. The van der Waals surface area contributed by atoms with E-state index in [4.69, 9.17) is 17.3 Å². The van der Waals surface area contributed by atoms with Crippen molar-refractivity contribution in [3.05, 3.63) is 68.7 Å². The second kappa shape index (κ2) is 5.88. The maximum atomic E-state index is 6.33. The van der Waals surface area contributed by atoms with E-state index in [1.54, 1.807) is 0 Å². The van der Waals surface area contributed by atoms with E-state index in [0.29, 0.717) is 5.02 Å². The molecule has 1 nitrogen and oxygen atoms in total. The molecule has 0 spiro atoms. The average molecular weight is 353 g/mol. The lowest BCUT2D eigenvalue weighted by molar-refractivity contribution is 0.589. The van der Waals surface area contributed by atoms with Crippen molar-refractivity contribution < 1.29 is 0 Å². The highest BCUT2D eigenvalue weighted by Crippen LogP contribution is 2.29. The van der Waals surface area contributed by atoms with Crippen LogP contribution in [0.25, 0.3) is 0 Å². The monoisotopic (exact) mass is 351 g/mol. The topological polar surface area (TPSA) is 26.0 Å². The quantitative estimate of drug-likeness (QED) is 0.764. The molecule has 20 heavy (non-hydrogen) atoms. The lowest BCUT2D eigenvalue weighted by Crippen LogP contribution is -2.14. The van der Waals surface area contributed by atoms with E-state index in [1.165, 1.54) is 5.56 Å². The van der Waals surface area contributed by atoms with Crippen molar-refractivity contribution in [2.75, 3.05) is 0 Å². The van der Waals surface area contributed by atoms with Gasteiger partial charge in [-0.3, -0.25) is 0 Å². The van der Waals surface area contributed by atoms with Crippen molar-refractivity contribution in [3.63, 3.8) is 0 Å². The minimum Gasteiger partial charge on any atom is -0.320 e. The summed E-state index contributed by atoms with van der Waals surface area (Å²) in [6.07, 6.45) is 0. The number of nitrogens with two attached hydrogens (primary N) is 1. The van der Waals surface area contributed by atoms with E-state index in [0.717, 1.165) is 15.6 Å². The molecule has 0 saturated carbocycles. The molecule has 0 aromatic heterocycles. The number of rotatable bonds is 2. The molecule has 2 aromatic rings. The lowest BCUT2D eigenvalue weighted by atomic mass is 9.86. The van der Waals surface area contributed by atoms with Crippen LogP contribution in [-0.2, 0) is 5.41 Å². The largest absolute Gasteiger partial charge is 0.320 e. The third kappa shape index (κ3) is 3.43. The summed E-state index contributed by atoms with van der Waals surface area (Å²) in [4.78, 5) is 0. The summed E-state index contributed by atoms with van der Waals surface area (Å²) in [5, 5.41) is 0.698. The van der Waals surface area contributed by atoms with E-state index >= 15 is 0 Å². The smallest absolute Gasteiger partial charge is 0.0552 e. The molecule has 106 valence electrons. The van der Waals surface area contributed by atoms with Crippen molar-refractivity contribution in [2.45, 2.75) is 32.2 Å². The lowest BCUT2D eigenvalue weighted by Gasteiger charge is -2.20. The third-order valence-corrected chi connectivity index (χ3v) is 4.65. The van der Waals surface area contributed by atoms with Gasteiger partial charge in [-0.25, -0.2) is 0 Å². The van der Waals surface area contributed by atoms with Gasteiger partial charge < -0.3 is 5.73 Å². The summed E-state index contributed by atoms with van der Waals surface area (Å²) in [6, 6.07) is 14.2. The maximum absolute atomic E-state index is 6.33. The summed E-state index contributed by atoms with van der Waals surface area (Å²) in [5.74, 6) is 0. The van der Waals surface area contributed by atoms with Gasteiger partial charge >= 0.3 is 0 Å². The van der Waals surface area contributed by atoms with Crippen LogP contribution in [0, 0.1) is 0 Å². The predicted molar refractivity (Wildman–Crippen MR) is 90.3 cm³/mol. The molecular formula is C17H19BrClN. The molecule has 1 unspecified atom stereocenters. The van der Waals surface area contributed by atoms with Crippen LogP contribution in [0.5, 0.6) is 0 Å². The van der Waals surface area contributed by atoms with Crippen LogP contribution in [-0.4, -0.2) is 0 Å². The third-order valence-electron chi connectivity index (χ3n) is 3.44. The Morgan fingerprint density at radius 1 is 1.00 bits per heavy atom. The molecule has 0 aliphatic heterocycles. The molecular weight excluding hydrogens is 334 g/mol. The van der Waals surface area contributed by atoms with Crippen LogP contribution < -0.4 is 5.73 Å². The van der Waals surface area contributed by atoms with Gasteiger partial charge in [-0.1, -0.05) is 62.7 Å². The highest BCUT2D eigenvalue weighted by Gasteiger charge is 2.15. The van der Waals surface area contributed by atoms with Crippen molar-refractivity contribution in [1.82, 2.24) is 0 Å². The number of benzene rings is 2. The normalized spacial score (nSPS) is 13.3. The molecule has 0 bridgehead atoms. The fourth-order valence-electron chi connectivity index (χ4n) is 2.09. The Morgan fingerprint density at radius 2 is 1.55 bits per heavy atom. The van der Waals surface area contributed by atoms with E-state index in [-0.39, 0.29) is 11.5 Å². The summed E-state index contributed by atoms with van der Waals surface area (Å²) >= 11 is 9.45. The summed E-state index contributed by atoms with van der Waals surface area (Å²) in [7, 11) is 0. The first-order valence-corrected chi connectivity index (χ1v) is 7.77. The van der Waals surface area contributed by atoms with Crippen LogP contribution in [0.1, 0.15) is 43.5 Å². The molecule has 2 rings (SSSR count). The predicted octanol–water partition coefficient (Wildman–Crippen LogP) is 5.45. The summed E-state index contributed by atoms with van der Waals surface area (Å²) in [6.45, 7) is 6.62. The molecule has 0 amide bonds. The highest BCUT2D eigenvalue weighted by atomic mass is 79.9.